The molecule has 27 heteroatoms. The number of pyridine rings is 3. The lowest BCUT2D eigenvalue weighted by atomic mass is 9.90. The molecule has 8 aromatic heterocycles. The Bertz CT molecular complexity index is 5610. The second-order valence-corrected chi connectivity index (χ2v) is 26.1. The molecule has 572 valence electrons. The standard InChI is InChI=1S/C22H18FN3O2.C22H24FN3O2.C21H16F2N4O2.C21H17FN4O2/c23-20-9-2-1-6-17(20)15-28-18-7-3-5-16(13-18)14-25-22(27)19-8-4-11-26-12-10-24-21(19)26;23-20-7-6-19(28-15-16-4-2-1-3-5-16)12-18(20)14-25-22(27)17-8-10-26-11-9-24-21(26)13-17;22-18-6-2-1-4-14(18)12-29-16-7-8-19(23)15(10-16)11-24-21(28)17-5-3-9-27-13-25-26-20(17)27;22-18-7-2-1-5-16(18)14-28-17-6-3-4-15(12-17)13-25-21(27)19-20-24-9-11-26(20)10-8-23-19/h1-13H,14-15H2,(H,25,27);6-13,16H,1-5,14-15H2,(H,25,27);1-10,13H,11-12H2,(H,24,28);1-12H,13-14H2,(H,25,27). The van der Waals surface area contributed by atoms with Gasteiger partial charge in [0.15, 0.2) is 17.0 Å². The summed E-state index contributed by atoms with van der Waals surface area (Å²) in [6.45, 7) is 1.66. The van der Waals surface area contributed by atoms with Gasteiger partial charge in [-0.25, -0.2) is 41.9 Å². The summed E-state index contributed by atoms with van der Waals surface area (Å²) in [6, 6.07) is 53.1. The number of amides is 4. The number of benzene rings is 7. The number of hydrogen-bond acceptors (Lipinski definition) is 14. The third-order valence-corrected chi connectivity index (χ3v) is 18.3. The quantitative estimate of drug-likeness (QED) is 0.0411. The lowest BCUT2D eigenvalue weighted by Crippen LogP contribution is -2.24. The SMILES string of the molecule is O=C(NCc1cc(OCC2CCCCC2)ccc1F)c1ccn2ccnc2c1.O=C(NCc1cc(OCc2ccccc2F)ccc1F)c1cccn2cnnc12.O=C(NCc1cccc(OCc2ccccc2F)c1)c1cccn2ccnc12.O=C(NCc1cccc(OCc2ccccc2F)c1)c1nccn2ccnc12. The molecular formula is C86H75F5N14O8. The zero-order valence-electron chi connectivity index (χ0n) is 60.8. The molecule has 4 N–H and O–H groups in total. The van der Waals surface area contributed by atoms with E-state index in [1.54, 1.807) is 184 Å². The molecule has 4 amide bonds. The van der Waals surface area contributed by atoms with E-state index >= 15 is 0 Å². The highest BCUT2D eigenvalue weighted by atomic mass is 19.1. The fraction of sp³-hybridized carbons (Fsp3) is 0.163. The van der Waals surface area contributed by atoms with Crippen molar-refractivity contribution in [2.75, 3.05) is 6.61 Å². The summed E-state index contributed by atoms with van der Waals surface area (Å²) in [7, 11) is 0. The van der Waals surface area contributed by atoms with Crippen LogP contribution in [0.5, 0.6) is 23.0 Å². The summed E-state index contributed by atoms with van der Waals surface area (Å²) in [5.41, 5.74) is 7.59. The van der Waals surface area contributed by atoms with Crippen molar-refractivity contribution in [2.45, 2.75) is 78.1 Å². The molecule has 1 fully saturated rings. The first kappa shape index (κ1) is 77.1. The van der Waals surface area contributed by atoms with E-state index in [1.807, 2.05) is 53.2 Å². The largest absolute Gasteiger partial charge is 0.493 e. The predicted octanol–water partition coefficient (Wildman–Crippen LogP) is 15.2. The number of fused-ring (bicyclic) bond motifs is 4. The second-order valence-electron chi connectivity index (χ2n) is 26.1. The Balaban J connectivity index is 0.000000132. The predicted molar refractivity (Wildman–Crippen MR) is 411 cm³/mol. The molecule has 1 aliphatic rings. The lowest BCUT2D eigenvalue weighted by Gasteiger charge is -2.21. The number of ether oxygens (including phenoxy) is 4. The van der Waals surface area contributed by atoms with Gasteiger partial charge in [-0.3, -0.25) is 23.6 Å². The van der Waals surface area contributed by atoms with Gasteiger partial charge in [0.2, 0.25) is 0 Å². The number of halogens is 5. The van der Waals surface area contributed by atoms with E-state index < -0.39 is 11.7 Å². The first-order chi connectivity index (χ1) is 55.2. The number of nitrogens with zero attached hydrogens (tertiary/aromatic N) is 10. The van der Waals surface area contributed by atoms with Gasteiger partial charge in [0.05, 0.1) is 17.7 Å². The fourth-order valence-electron chi connectivity index (χ4n) is 12.3. The maximum absolute atomic E-state index is 14.2. The van der Waals surface area contributed by atoms with Crippen molar-refractivity contribution in [1.82, 2.24) is 69.0 Å². The number of nitrogens with one attached hydrogen (secondary N) is 4. The van der Waals surface area contributed by atoms with Crippen molar-refractivity contribution in [3.8, 4) is 23.0 Å². The molecule has 7 aromatic carbocycles. The normalized spacial score (nSPS) is 11.8. The summed E-state index contributed by atoms with van der Waals surface area (Å²) >= 11 is 0. The molecule has 0 spiro atoms. The van der Waals surface area contributed by atoms with Gasteiger partial charge in [-0.05, 0) is 145 Å². The van der Waals surface area contributed by atoms with Crippen LogP contribution in [-0.4, -0.2) is 78.0 Å². The molecule has 1 aliphatic carbocycles. The van der Waals surface area contributed by atoms with Crippen LogP contribution in [0, 0.1) is 35.0 Å². The van der Waals surface area contributed by atoms with Gasteiger partial charge in [0, 0.05) is 128 Å². The number of carbonyl (C=O) groups excluding carboxylic acids is 4. The number of imidazole rings is 3. The van der Waals surface area contributed by atoms with Gasteiger partial charge in [-0.1, -0.05) is 98.1 Å². The van der Waals surface area contributed by atoms with Gasteiger partial charge < -0.3 is 53.4 Å². The van der Waals surface area contributed by atoms with Gasteiger partial charge in [0.25, 0.3) is 23.6 Å². The highest BCUT2D eigenvalue weighted by molar-refractivity contribution is 6.00. The zero-order chi connectivity index (χ0) is 78.3. The molecule has 1 saturated carbocycles. The van der Waals surface area contributed by atoms with Crippen LogP contribution in [0.3, 0.4) is 0 Å². The third-order valence-electron chi connectivity index (χ3n) is 18.3. The van der Waals surface area contributed by atoms with Crippen molar-refractivity contribution < 1.29 is 60.1 Å². The Morgan fingerprint density at radius 3 is 1.42 bits per heavy atom. The maximum atomic E-state index is 14.2. The molecule has 113 heavy (non-hydrogen) atoms. The molecule has 0 atom stereocenters. The Hall–Kier alpha value is -14.1. The summed E-state index contributed by atoms with van der Waals surface area (Å²) < 4.78 is 99.2. The molecule has 15 aromatic rings. The highest BCUT2D eigenvalue weighted by Crippen LogP contribution is 2.27. The Morgan fingerprint density at radius 2 is 0.841 bits per heavy atom. The van der Waals surface area contributed by atoms with E-state index in [0.29, 0.717) is 110 Å². The summed E-state index contributed by atoms with van der Waals surface area (Å²) in [6.07, 6.45) is 26.7. The average Bonchev–Trinajstić information content (AvgIpc) is 1.67. The topological polar surface area (TPSA) is 248 Å². The van der Waals surface area contributed by atoms with E-state index in [-0.39, 0.29) is 85.2 Å². The Morgan fingerprint density at radius 1 is 0.372 bits per heavy atom. The van der Waals surface area contributed by atoms with Crippen LogP contribution in [-0.2, 0) is 46.0 Å². The Kier molecular flexibility index (Phi) is 25.8. The molecule has 0 aliphatic heterocycles. The molecule has 8 heterocycles. The monoisotopic (exact) mass is 1530 g/mol. The average molecular weight is 1530 g/mol. The molecule has 22 nitrogen and oxygen atoms in total. The van der Waals surface area contributed by atoms with Gasteiger partial charge in [-0.15, -0.1) is 10.2 Å². The minimum absolute atomic E-state index is 0.0129. The number of hydrogen-bond donors (Lipinski definition) is 4. The lowest BCUT2D eigenvalue weighted by molar-refractivity contribution is 0.0940. The van der Waals surface area contributed by atoms with Crippen molar-refractivity contribution in [3.63, 3.8) is 0 Å². The summed E-state index contributed by atoms with van der Waals surface area (Å²) in [5, 5.41) is 18.9. The number of aromatic nitrogens is 10. The van der Waals surface area contributed by atoms with Crippen LogP contribution in [0.4, 0.5) is 22.0 Å². The maximum Gasteiger partial charge on any atom is 0.274 e. The first-order valence-corrected chi connectivity index (χ1v) is 36.2. The van der Waals surface area contributed by atoms with Gasteiger partial charge in [0.1, 0.15) is 89.5 Å². The molecule has 16 rings (SSSR count). The van der Waals surface area contributed by atoms with Gasteiger partial charge in [-0.2, -0.15) is 0 Å². The number of rotatable bonds is 24. The third kappa shape index (κ3) is 20.8. The minimum Gasteiger partial charge on any atom is -0.493 e. The molecular weight excluding hydrogens is 1450 g/mol. The molecule has 0 radical (unpaired) electrons. The molecule has 0 saturated heterocycles. The summed E-state index contributed by atoms with van der Waals surface area (Å²) in [4.78, 5) is 66.6. The van der Waals surface area contributed by atoms with Crippen LogP contribution in [0.1, 0.15) is 113 Å². The molecule has 0 unspecified atom stereocenters. The fourth-order valence-corrected chi connectivity index (χ4v) is 12.3. The van der Waals surface area contributed by atoms with Crippen molar-refractivity contribution in [1.29, 1.82) is 0 Å². The minimum atomic E-state index is -0.482. The van der Waals surface area contributed by atoms with Crippen LogP contribution >= 0.6 is 0 Å². The van der Waals surface area contributed by atoms with Gasteiger partial charge >= 0.3 is 0 Å². The van der Waals surface area contributed by atoms with E-state index in [9.17, 15) is 41.1 Å². The van der Waals surface area contributed by atoms with Crippen molar-refractivity contribution in [2.24, 2.45) is 5.92 Å². The van der Waals surface area contributed by atoms with E-state index in [0.717, 1.165) is 11.1 Å². The van der Waals surface area contributed by atoms with Crippen molar-refractivity contribution in [3.05, 3.63) is 359 Å². The highest BCUT2D eigenvalue weighted by Gasteiger charge is 2.19. The van der Waals surface area contributed by atoms with Crippen LogP contribution in [0.15, 0.2) is 269 Å². The van der Waals surface area contributed by atoms with Crippen LogP contribution in [0.2, 0.25) is 0 Å². The smallest absolute Gasteiger partial charge is 0.274 e. The first-order valence-electron chi connectivity index (χ1n) is 36.2. The summed E-state index contributed by atoms with van der Waals surface area (Å²) in [5.74, 6) is -0.154. The van der Waals surface area contributed by atoms with E-state index in [2.05, 4.69) is 51.4 Å². The van der Waals surface area contributed by atoms with Crippen molar-refractivity contribution >= 4 is 46.2 Å². The zero-order valence-corrected chi connectivity index (χ0v) is 60.8. The van der Waals surface area contributed by atoms with Crippen LogP contribution < -0.4 is 40.2 Å². The molecule has 0 bridgehead atoms. The van der Waals surface area contributed by atoms with E-state index in [4.69, 9.17) is 18.9 Å². The number of carbonyl (C=O) groups is 4. The van der Waals surface area contributed by atoms with Crippen LogP contribution in [0.25, 0.3) is 22.6 Å². The Labute approximate surface area is 644 Å². The van der Waals surface area contributed by atoms with E-state index in [1.165, 1.54) is 80.9 Å². The second kappa shape index (κ2) is 37.8.